The number of carbonyl (C=O) groups excluding carboxylic acids is 2. The molecule has 0 spiro atoms. The minimum atomic E-state index is -2.64. The van der Waals surface area contributed by atoms with Crippen molar-refractivity contribution in [3.63, 3.8) is 0 Å². The van der Waals surface area contributed by atoms with Crippen molar-refractivity contribution >= 4 is 24.3 Å². The minimum Gasteiger partial charge on any atom is -0.418 e. The minimum absolute atomic E-state index is 0.0196. The van der Waals surface area contributed by atoms with Crippen LogP contribution in [0, 0.1) is 0 Å². The fourth-order valence-corrected chi connectivity index (χ4v) is 2.01. The highest BCUT2D eigenvalue weighted by molar-refractivity contribution is 5.87. The van der Waals surface area contributed by atoms with Gasteiger partial charge in [-0.15, -0.1) is 0 Å². The van der Waals surface area contributed by atoms with Crippen LogP contribution in [0.4, 0.5) is 10.5 Å². The quantitative estimate of drug-likeness (QED) is 0.492. The molecule has 1 aromatic rings. The first kappa shape index (κ1) is 14.2. The van der Waals surface area contributed by atoms with Crippen molar-refractivity contribution in [1.29, 1.82) is 0 Å². The number of aliphatic hydroxyl groups is 1. The van der Waals surface area contributed by atoms with Gasteiger partial charge < -0.3 is 14.6 Å². The molecule has 0 aliphatic carbocycles. The molecule has 0 aromatic heterocycles. The van der Waals surface area contributed by atoms with E-state index < -0.39 is 16.7 Å². The van der Waals surface area contributed by atoms with Gasteiger partial charge in [-0.2, -0.15) is 10.0 Å². The first-order valence-electron chi connectivity index (χ1n) is 5.85. The number of ether oxygens (including phenoxy) is 2. The number of fused-ring (bicyclic) bond motifs is 1. The lowest BCUT2D eigenvalue weighted by Gasteiger charge is -2.37. The Kier molecular flexibility index (Phi) is 3.58. The molecule has 0 saturated heterocycles. The average molecular weight is 279 g/mol. The summed E-state index contributed by atoms with van der Waals surface area (Å²) in [7, 11) is 0. The Morgan fingerprint density at radius 1 is 1.45 bits per heavy atom. The summed E-state index contributed by atoms with van der Waals surface area (Å²) in [4.78, 5) is 22.5. The van der Waals surface area contributed by atoms with E-state index in [4.69, 9.17) is 4.74 Å². The van der Waals surface area contributed by atoms with E-state index >= 15 is 0 Å². The molecule has 1 radical (unpaired) electrons. The van der Waals surface area contributed by atoms with E-state index in [1.54, 1.807) is 25.1 Å². The number of rotatable bonds is 3. The van der Waals surface area contributed by atoms with Gasteiger partial charge in [0.25, 0.3) is 0 Å². The second kappa shape index (κ2) is 5.04. The number of hydrogen-bond donors (Lipinski definition) is 2. The first-order chi connectivity index (χ1) is 9.49. The molecule has 105 valence electrons. The molecule has 1 heterocycles. The molecule has 2 unspecified atom stereocenters. The zero-order valence-corrected chi connectivity index (χ0v) is 10.6. The Hall–Kier alpha value is -2.22. The third-order valence-corrected chi connectivity index (χ3v) is 2.95. The zero-order chi connectivity index (χ0) is 14.8. The van der Waals surface area contributed by atoms with Crippen molar-refractivity contribution in [1.82, 2.24) is 4.65 Å². The highest BCUT2D eigenvalue weighted by Gasteiger charge is 2.63. The SMILES string of the molecule is CCOC(=O)[N+]1(O)c2ccccc2C=CC1(O)O[C]=O. The average Bonchev–Trinajstić information content (AvgIpc) is 2.44. The normalized spacial score (nSPS) is 27.6. The third kappa shape index (κ3) is 1.88. The molecular weight excluding hydrogens is 266 g/mol. The van der Waals surface area contributed by atoms with Gasteiger partial charge in [0.2, 0.25) is 0 Å². The summed E-state index contributed by atoms with van der Waals surface area (Å²) >= 11 is 0. The van der Waals surface area contributed by atoms with E-state index in [9.17, 15) is 19.9 Å². The van der Waals surface area contributed by atoms with Crippen molar-refractivity contribution in [2.75, 3.05) is 6.61 Å². The molecule has 0 saturated carbocycles. The van der Waals surface area contributed by atoms with Gasteiger partial charge in [-0.05, 0) is 19.1 Å². The number of hydrogen-bond acceptors (Lipinski definition) is 6. The van der Waals surface area contributed by atoms with Gasteiger partial charge in [0.05, 0.1) is 12.7 Å². The summed E-state index contributed by atoms with van der Waals surface area (Å²) in [6, 6.07) is 6.29. The number of hydroxylamine groups is 2. The molecule has 2 rings (SSSR count). The maximum absolute atomic E-state index is 12.1. The molecular formula is C13H13NO6+. The predicted octanol–water partition coefficient (Wildman–Crippen LogP) is 1.30. The van der Waals surface area contributed by atoms with Crippen LogP contribution in [0.2, 0.25) is 0 Å². The largest absolute Gasteiger partial charge is 0.561 e. The summed E-state index contributed by atoms with van der Waals surface area (Å²) in [6.45, 7) is 2.55. The Labute approximate surface area is 114 Å². The van der Waals surface area contributed by atoms with Crippen LogP contribution in [0.25, 0.3) is 6.08 Å². The maximum atomic E-state index is 12.1. The van der Waals surface area contributed by atoms with Gasteiger partial charge in [-0.25, -0.2) is 4.79 Å². The van der Waals surface area contributed by atoms with E-state index in [1.807, 2.05) is 0 Å². The van der Waals surface area contributed by atoms with Crippen LogP contribution in [-0.2, 0) is 14.3 Å². The van der Waals surface area contributed by atoms with Crippen LogP contribution < -0.4 is 4.65 Å². The molecule has 1 aliphatic heterocycles. The smallest absolute Gasteiger partial charge is 0.418 e. The standard InChI is InChI=1S/C13H13NO6/c1-2-19-12(16)14(18)11-6-4-3-5-10(11)7-8-13(14,17)20-9-15/h3-8,17-18H,2H2,1H3/q+1. The third-order valence-electron chi connectivity index (χ3n) is 2.95. The molecule has 2 atom stereocenters. The molecule has 7 nitrogen and oxygen atoms in total. The second-order valence-corrected chi connectivity index (χ2v) is 4.07. The lowest BCUT2D eigenvalue weighted by molar-refractivity contribution is -0.292. The summed E-state index contributed by atoms with van der Waals surface area (Å²) < 4.78 is 7.41. The van der Waals surface area contributed by atoms with E-state index in [0.717, 1.165) is 12.5 Å². The van der Waals surface area contributed by atoms with Gasteiger partial charge in [0, 0.05) is 16.3 Å². The lowest BCUT2D eigenvalue weighted by atomic mass is 10.1. The molecule has 7 heteroatoms. The van der Waals surface area contributed by atoms with Crippen LogP contribution in [0.15, 0.2) is 30.3 Å². The molecule has 20 heavy (non-hydrogen) atoms. The monoisotopic (exact) mass is 279 g/mol. The van der Waals surface area contributed by atoms with Crippen LogP contribution in [0.1, 0.15) is 12.5 Å². The van der Waals surface area contributed by atoms with Gasteiger partial charge in [-0.1, -0.05) is 12.1 Å². The van der Waals surface area contributed by atoms with Crippen LogP contribution in [0.5, 0.6) is 0 Å². The number of amides is 1. The Morgan fingerprint density at radius 3 is 2.80 bits per heavy atom. The Bertz CT molecular complexity index is 572. The van der Waals surface area contributed by atoms with Crippen LogP contribution in [0.3, 0.4) is 0 Å². The van der Waals surface area contributed by atoms with Gasteiger partial charge in [0.1, 0.15) is 0 Å². The molecule has 0 bridgehead atoms. The molecule has 2 N–H and O–H groups in total. The van der Waals surface area contributed by atoms with Gasteiger partial charge in [-0.3, -0.25) is 0 Å². The summed E-state index contributed by atoms with van der Waals surface area (Å²) in [6.07, 6.45) is 1.22. The van der Waals surface area contributed by atoms with Crippen molar-refractivity contribution < 1.29 is 29.4 Å². The summed E-state index contributed by atoms with van der Waals surface area (Å²) in [5.41, 5.74) is 0.494. The highest BCUT2D eigenvalue weighted by atomic mass is 16.8. The second-order valence-electron chi connectivity index (χ2n) is 4.07. The van der Waals surface area contributed by atoms with E-state index in [2.05, 4.69) is 4.74 Å². The molecule has 0 fully saturated rings. The number of benzene rings is 1. The zero-order valence-electron chi connectivity index (χ0n) is 10.6. The van der Waals surface area contributed by atoms with Crippen LogP contribution in [-0.4, -0.2) is 35.4 Å². The van der Waals surface area contributed by atoms with Crippen LogP contribution >= 0.6 is 0 Å². The van der Waals surface area contributed by atoms with Crippen molar-refractivity contribution in [3.8, 4) is 0 Å². The van der Waals surface area contributed by atoms with E-state index in [1.165, 1.54) is 12.1 Å². The summed E-state index contributed by atoms with van der Waals surface area (Å²) in [5.74, 6) is -2.64. The fraction of sp³-hybridized carbons (Fsp3) is 0.231. The Morgan fingerprint density at radius 2 is 2.15 bits per heavy atom. The maximum Gasteiger partial charge on any atom is 0.561 e. The van der Waals surface area contributed by atoms with E-state index in [-0.39, 0.29) is 12.3 Å². The summed E-state index contributed by atoms with van der Waals surface area (Å²) in [5, 5.41) is 20.9. The van der Waals surface area contributed by atoms with Crippen molar-refractivity contribution in [2.24, 2.45) is 0 Å². The molecule has 1 aliphatic rings. The van der Waals surface area contributed by atoms with Gasteiger partial charge >= 0.3 is 18.5 Å². The van der Waals surface area contributed by atoms with Gasteiger partial charge in [0.15, 0.2) is 5.69 Å². The predicted molar refractivity (Wildman–Crippen MR) is 67.8 cm³/mol. The van der Waals surface area contributed by atoms with Crippen molar-refractivity contribution in [3.05, 3.63) is 35.9 Å². The number of quaternary nitrogens is 1. The number of para-hydroxylation sites is 1. The Balaban J connectivity index is 2.64. The number of carbonyl (C=O) groups is 1. The number of nitrogens with zero attached hydrogens (tertiary/aromatic N) is 1. The first-order valence-corrected chi connectivity index (χ1v) is 5.85. The fourth-order valence-electron chi connectivity index (χ4n) is 2.01. The molecule has 1 aromatic carbocycles. The highest BCUT2D eigenvalue weighted by Crippen LogP contribution is 2.39. The lowest BCUT2D eigenvalue weighted by Crippen LogP contribution is -2.68. The topological polar surface area (TPSA) is 93.1 Å². The van der Waals surface area contributed by atoms with E-state index in [0.29, 0.717) is 5.56 Å². The molecule has 1 amide bonds. The van der Waals surface area contributed by atoms with Crippen molar-refractivity contribution in [2.45, 2.75) is 12.8 Å².